The summed E-state index contributed by atoms with van der Waals surface area (Å²) in [5, 5.41) is 27.9. The number of aromatic hydroxyl groups is 1. The Morgan fingerprint density at radius 3 is 2.76 bits per heavy atom. The smallest absolute Gasteiger partial charge is 0.260 e. The summed E-state index contributed by atoms with van der Waals surface area (Å²) in [5.41, 5.74) is 6.75. The van der Waals surface area contributed by atoms with Crippen LogP contribution in [0.3, 0.4) is 0 Å². The van der Waals surface area contributed by atoms with Crippen LogP contribution in [0, 0.1) is 6.92 Å². The maximum Gasteiger partial charge on any atom is 0.260 e. The van der Waals surface area contributed by atoms with Crippen molar-refractivity contribution in [3.05, 3.63) is 41.1 Å². The number of rotatable bonds is 3. The number of amides is 1. The van der Waals surface area contributed by atoms with E-state index in [9.17, 15) is 9.90 Å². The lowest BCUT2D eigenvalue weighted by Crippen LogP contribution is -2.20. The van der Waals surface area contributed by atoms with Gasteiger partial charge < -0.3 is 21.4 Å². The molecule has 1 aromatic heterocycles. The monoisotopic (exact) mass is 289 g/mol. The Kier molecular flexibility index (Phi) is 3.79. The molecule has 0 spiro atoms. The molecule has 0 atom stereocenters. The van der Waals surface area contributed by atoms with E-state index in [-0.39, 0.29) is 28.5 Å². The Bertz CT molecular complexity index is 721. The summed E-state index contributed by atoms with van der Waals surface area (Å²) in [6.45, 7) is 1.80. The third kappa shape index (κ3) is 2.78. The molecular weight excluding hydrogens is 274 g/mol. The van der Waals surface area contributed by atoms with Crippen LogP contribution < -0.4 is 11.1 Å². The Morgan fingerprint density at radius 1 is 1.43 bits per heavy atom. The van der Waals surface area contributed by atoms with E-state index in [1.165, 1.54) is 23.0 Å². The van der Waals surface area contributed by atoms with Crippen molar-refractivity contribution >= 4 is 17.6 Å². The molecule has 0 aliphatic heterocycles. The number of phenols is 1. The van der Waals surface area contributed by atoms with Crippen LogP contribution in [0.15, 0.2) is 29.6 Å². The Labute approximate surface area is 120 Å². The molecule has 0 bridgehead atoms. The van der Waals surface area contributed by atoms with E-state index < -0.39 is 5.91 Å². The second kappa shape index (κ2) is 5.53. The number of anilines is 1. The zero-order valence-electron chi connectivity index (χ0n) is 11.5. The maximum absolute atomic E-state index is 12.2. The summed E-state index contributed by atoms with van der Waals surface area (Å²) < 4.78 is 1.37. The summed E-state index contributed by atoms with van der Waals surface area (Å²) in [6, 6.07) is 4.71. The zero-order valence-corrected chi connectivity index (χ0v) is 11.5. The summed E-state index contributed by atoms with van der Waals surface area (Å²) in [4.78, 5) is 12.2. The quantitative estimate of drug-likeness (QED) is 0.287. The van der Waals surface area contributed by atoms with Gasteiger partial charge in [0.1, 0.15) is 11.6 Å². The normalized spacial score (nSPS) is 11.4. The van der Waals surface area contributed by atoms with Crippen LogP contribution in [0.25, 0.3) is 0 Å². The van der Waals surface area contributed by atoms with Gasteiger partial charge in [0.2, 0.25) is 0 Å². The van der Waals surface area contributed by atoms with Crippen molar-refractivity contribution in [1.29, 1.82) is 0 Å². The van der Waals surface area contributed by atoms with Crippen LogP contribution in [0.4, 0.5) is 5.82 Å². The van der Waals surface area contributed by atoms with Crippen molar-refractivity contribution in [1.82, 2.24) is 9.78 Å². The number of hydrogen-bond acceptors (Lipinski definition) is 5. The second-order valence-electron chi connectivity index (χ2n) is 4.49. The number of nitrogens with one attached hydrogen (secondary N) is 1. The number of nitrogens with two attached hydrogens (primary N) is 1. The standard InChI is InChI=1S/C13H15N5O3/c1-7-3-4-8(10(19)5-7)13(20)16-12-9(11(14)17-21)6-15-18(12)2/h3-6,19,21H,1-2H3,(H2,14,17)(H,16,20). The highest BCUT2D eigenvalue weighted by atomic mass is 16.4. The van der Waals surface area contributed by atoms with Crippen molar-refractivity contribution in [2.24, 2.45) is 17.9 Å². The maximum atomic E-state index is 12.2. The first kappa shape index (κ1) is 14.4. The molecule has 0 fully saturated rings. The van der Waals surface area contributed by atoms with Crippen molar-refractivity contribution < 1.29 is 15.1 Å². The second-order valence-corrected chi connectivity index (χ2v) is 4.49. The molecule has 1 amide bonds. The van der Waals surface area contributed by atoms with Gasteiger partial charge in [-0.05, 0) is 24.6 Å². The van der Waals surface area contributed by atoms with Crippen LogP contribution in [0.2, 0.25) is 0 Å². The van der Waals surface area contributed by atoms with Crippen molar-refractivity contribution in [2.75, 3.05) is 5.32 Å². The van der Waals surface area contributed by atoms with Gasteiger partial charge in [0.25, 0.3) is 5.91 Å². The summed E-state index contributed by atoms with van der Waals surface area (Å²) in [7, 11) is 1.60. The van der Waals surface area contributed by atoms with E-state index >= 15 is 0 Å². The van der Waals surface area contributed by atoms with E-state index in [4.69, 9.17) is 10.9 Å². The lowest BCUT2D eigenvalue weighted by Gasteiger charge is -2.09. The van der Waals surface area contributed by atoms with Gasteiger partial charge in [-0.3, -0.25) is 9.48 Å². The number of aromatic nitrogens is 2. The van der Waals surface area contributed by atoms with Crippen LogP contribution in [0.5, 0.6) is 5.75 Å². The molecule has 21 heavy (non-hydrogen) atoms. The largest absolute Gasteiger partial charge is 0.507 e. The number of phenolic OH excluding ortho intramolecular Hbond substituents is 1. The van der Waals surface area contributed by atoms with Crippen LogP contribution >= 0.6 is 0 Å². The molecule has 0 radical (unpaired) electrons. The molecule has 2 aromatic rings. The molecule has 2 rings (SSSR count). The Hall–Kier alpha value is -3.03. The highest BCUT2D eigenvalue weighted by molar-refractivity contribution is 6.10. The average molecular weight is 289 g/mol. The minimum absolute atomic E-state index is 0.118. The molecule has 8 heteroatoms. The molecule has 0 aliphatic carbocycles. The lowest BCUT2D eigenvalue weighted by molar-refractivity contribution is 0.102. The number of benzene rings is 1. The molecule has 1 aromatic carbocycles. The predicted octanol–water partition coefficient (Wildman–Crippen LogP) is 0.781. The number of nitrogens with zero attached hydrogens (tertiary/aromatic N) is 3. The number of oxime groups is 1. The van der Waals surface area contributed by atoms with Gasteiger partial charge in [-0.1, -0.05) is 11.2 Å². The number of carbonyl (C=O) groups excluding carboxylic acids is 1. The van der Waals surface area contributed by atoms with E-state index in [2.05, 4.69) is 15.6 Å². The predicted molar refractivity (Wildman–Crippen MR) is 76.5 cm³/mol. The Balaban J connectivity index is 2.34. The van der Waals surface area contributed by atoms with E-state index in [1.807, 2.05) is 0 Å². The highest BCUT2D eigenvalue weighted by Gasteiger charge is 2.18. The minimum atomic E-state index is -0.525. The average Bonchev–Trinajstić information content (AvgIpc) is 2.79. The topological polar surface area (TPSA) is 126 Å². The number of hydrogen-bond donors (Lipinski definition) is 4. The molecule has 0 saturated carbocycles. The fourth-order valence-electron chi connectivity index (χ4n) is 1.84. The zero-order chi connectivity index (χ0) is 15.6. The van der Waals surface area contributed by atoms with Crippen molar-refractivity contribution in [3.63, 3.8) is 0 Å². The van der Waals surface area contributed by atoms with E-state index in [0.29, 0.717) is 0 Å². The minimum Gasteiger partial charge on any atom is -0.507 e. The van der Waals surface area contributed by atoms with Crippen molar-refractivity contribution in [3.8, 4) is 5.75 Å². The van der Waals surface area contributed by atoms with Gasteiger partial charge >= 0.3 is 0 Å². The van der Waals surface area contributed by atoms with Gasteiger partial charge in [0.05, 0.1) is 17.3 Å². The first-order chi connectivity index (χ1) is 9.93. The first-order valence-electron chi connectivity index (χ1n) is 6.05. The third-order valence-corrected chi connectivity index (χ3v) is 2.95. The Morgan fingerprint density at radius 2 is 2.14 bits per heavy atom. The molecule has 8 nitrogen and oxygen atoms in total. The molecular formula is C13H15N5O3. The van der Waals surface area contributed by atoms with E-state index in [1.54, 1.807) is 20.0 Å². The third-order valence-electron chi connectivity index (χ3n) is 2.95. The van der Waals surface area contributed by atoms with Crippen LogP contribution in [0.1, 0.15) is 21.5 Å². The van der Waals surface area contributed by atoms with Gasteiger partial charge in [-0.15, -0.1) is 0 Å². The number of carbonyl (C=O) groups is 1. The highest BCUT2D eigenvalue weighted by Crippen LogP contribution is 2.21. The fraction of sp³-hybridized carbons (Fsp3) is 0.154. The van der Waals surface area contributed by atoms with Gasteiger partial charge in [-0.2, -0.15) is 5.10 Å². The summed E-state index contributed by atoms with van der Waals surface area (Å²) in [6.07, 6.45) is 1.36. The number of amidine groups is 1. The van der Waals surface area contributed by atoms with Crippen LogP contribution in [-0.2, 0) is 7.05 Å². The molecule has 0 aliphatic rings. The lowest BCUT2D eigenvalue weighted by atomic mass is 10.1. The molecule has 1 heterocycles. The first-order valence-corrected chi connectivity index (χ1v) is 6.05. The van der Waals surface area contributed by atoms with Crippen molar-refractivity contribution in [2.45, 2.75) is 6.92 Å². The molecule has 0 unspecified atom stereocenters. The van der Waals surface area contributed by atoms with E-state index in [0.717, 1.165) is 5.56 Å². The van der Waals surface area contributed by atoms with Crippen LogP contribution in [-0.4, -0.2) is 31.8 Å². The van der Waals surface area contributed by atoms with Gasteiger partial charge in [0.15, 0.2) is 5.84 Å². The molecule has 0 saturated heterocycles. The summed E-state index contributed by atoms with van der Waals surface area (Å²) >= 11 is 0. The molecule has 110 valence electrons. The van der Waals surface area contributed by atoms with Gasteiger partial charge in [-0.25, -0.2) is 0 Å². The molecule has 5 N–H and O–H groups in total. The van der Waals surface area contributed by atoms with Gasteiger partial charge in [0, 0.05) is 7.05 Å². The summed E-state index contributed by atoms with van der Waals surface area (Å²) in [5.74, 6) is -0.565. The SMILES string of the molecule is Cc1ccc(C(=O)Nc2c(C(N)=NO)cnn2C)c(O)c1. The number of aryl methyl sites for hydroxylation is 2. The fourth-order valence-corrected chi connectivity index (χ4v) is 1.84.